The van der Waals surface area contributed by atoms with E-state index in [0.29, 0.717) is 0 Å². The van der Waals surface area contributed by atoms with Crippen LogP contribution in [0, 0.1) is 0 Å². The van der Waals surface area contributed by atoms with Crippen molar-refractivity contribution in [3.63, 3.8) is 0 Å². The van der Waals surface area contributed by atoms with E-state index in [9.17, 15) is 0 Å². The zero-order chi connectivity index (χ0) is 9.66. The molecule has 0 amide bonds. The summed E-state index contributed by atoms with van der Waals surface area (Å²) in [5, 5.41) is 16.5. The number of carbonyl (C=O) groups is 2. The molecule has 1 aromatic rings. The molecule has 0 saturated carbocycles. The number of benzene rings is 1. The molecule has 0 aliphatic heterocycles. The summed E-state index contributed by atoms with van der Waals surface area (Å²) in [6.45, 7) is -1.00. The van der Waals surface area contributed by atoms with Gasteiger partial charge in [0.2, 0.25) is 0 Å². The van der Waals surface area contributed by atoms with Crippen LogP contribution in [0.4, 0.5) is 0 Å². The van der Waals surface area contributed by atoms with Gasteiger partial charge in [-0.3, -0.25) is 0 Å². The van der Waals surface area contributed by atoms with Crippen LogP contribution < -0.4 is 10.2 Å². The monoisotopic (exact) mass is 192 g/mol. The van der Waals surface area contributed by atoms with E-state index in [-0.39, 0.29) is 23.1 Å². The largest absolute Gasteiger partial charge is 2.00 e. The summed E-state index contributed by atoms with van der Waals surface area (Å²) in [6.07, 6.45) is 0. The summed E-state index contributed by atoms with van der Waals surface area (Å²) in [5.41, 5.74) is 0. The van der Waals surface area contributed by atoms with Crippen LogP contribution >= 0.6 is 0 Å². The Labute approximate surface area is 92.4 Å². The Bertz CT molecular complexity index is 146. The molecule has 0 fully saturated rings. The minimum atomic E-state index is -0.500. The van der Waals surface area contributed by atoms with E-state index in [1.54, 1.807) is 0 Å². The van der Waals surface area contributed by atoms with Gasteiger partial charge in [0.05, 0.1) is 0 Å². The third-order valence-corrected chi connectivity index (χ3v) is 0.667. The number of carboxylic acid groups (broad SMARTS) is 2. The second kappa shape index (κ2) is 22.4. The summed E-state index contributed by atoms with van der Waals surface area (Å²) in [7, 11) is 0. The predicted octanol–water partition coefficient (Wildman–Crippen LogP) is -1.96. The van der Waals surface area contributed by atoms with Crippen molar-refractivity contribution in [2.24, 2.45) is 0 Å². The van der Waals surface area contributed by atoms with Crippen LogP contribution in [0.15, 0.2) is 36.4 Å². The van der Waals surface area contributed by atoms with Crippen molar-refractivity contribution in [2.75, 3.05) is 0 Å². The molecular formula is C8H8MgO4. The molecule has 66 valence electrons. The topological polar surface area (TPSA) is 80.3 Å². The van der Waals surface area contributed by atoms with Gasteiger partial charge in [-0.25, -0.2) is 0 Å². The maximum Gasteiger partial charge on any atom is 2.00 e. The van der Waals surface area contributed by atoms with Crippen LogP contribution in [0.3, 0.4) is 0 Å². The number of carbonyl (C=O) groups excluding carboxylic acids is 2. The fourth-order valence-corrected chi connectivity index (χ4v) is 0.385. The van der Waals surface area contributed by atoms with E-state index in [2.05, 4.69) is 0 Å². The average molecular weight is 192 g/mol. The summed E-state index contributed by atoms with van der Waals surface area (Å²) < 4.78 is 0. The van der Waals surface area contributed by atoms with Gasteiger partial charge in [-0.15, -0.1) is 0 Å². The molecule has 0 aliphatic rings. The first kappa shape index (κ1) is 17.9. The van der Waals surface area contributed by atoms with Crippen LogP contribution in [0.5, 0.6) is 0 Å². The second-order valence-electron chi connectivity index (χ2n) is 1.35. The quantitative estimate of drug-likeness (QED) is 0.353. The Balaban J connectivity index is -0.000000126. The molecule has 4 nitrogen and oxygen atoms in total. The van der Waals surface area contributed by atoms with Crippen molar-refractivity contribution in [2.45, 2.75) is 0 Å². The van der Waals surface area contributed by atoms with E-state index in [4.69, 9.17) is 19.8 Å². The van der Waals surface area contributed by atoms with Crippen molar-refractivity contribution >= 4 is 36.0 Å². The van der Waals surface area contributed by atoms with Crippen molar-refractivity contribution in [3.05, 3.63) is 36.4 Å². The standard InChI is InChI=1S/C6H6.2CH2O2.Mg/c1-2-4-6-5-3-1;2*2-1-3;/h1-6H;2*1H,(H,2,3);/q;;;+2/p-2. The van der Waals surface area contributed by atoms with Gasteiger partial charge < -0.3 is 19.8 Å². The first-order chi connectivity index (χ1) is 5.83. The molecule has 0 heterocycles. The normalized spacial score (nSPS) is 5.54. The molecule has 0 bridgehead atoms. The molecule has 0 atom stereocenters. The molecule has 0 unspecified atom stereocenters. The molecule has 1 rings (SSSR count). The molecule has 0 saturated heterocycles. The molecular weight excluding hydrogens is 184 g/mol. The molecule has 1 aromatic carbocycles. The van der Waals surface area contributed by atoms with E-state index in [1.165, 1.54) is 0 Å². The fraction of sp³-hybridized carbons (Fsp3) is 0. The van der Waals surface area contributed by atoms with Crippen LogP contribution in [-0.2, 0) is 9.59 Å². The van der Waals surface area contributed by atoms with Crippen LogP contribution in [0.25, 0.3) is 0 Å². The summed E-state index contributed by atoms with van der Waals surface area (Å²) in [4.78, 5) is 16.5. The zero-order valence-electron chi connectivity index (χ0n) is 6.96. The van der Waals surface area contributed by atoms with Crippen molar-refractivity contribution in [3.8, 4) is 0 Å². The maximum absolute atomic E-state index is 8.25. The van der Waals surface area contributed by atoms with E-state index in [0.717, 1.165) is 0 Å². The van der Waals surface area contributed by atoms with Crippen molar-refractivity contribution in [1.29, 1.82) is 0 Å². The minimum Gasteiger partial charge on any atom is -0.554 e. The molecule has 0 N–H and O–H groups in total. The Morgan fingerprint density at radius 3 is 0.846 bits per heavy atom. The van der Waals surface area contributed by atoms with Gasteiger partial charge in [0.25, 0.3) is 0 Å². The SMILES string of the molecule is O=C[O-].O=C[O-].[Mg+2].c1ccccc1. The first-order valence-electron chi connectivity index (χ1n) is 2.94. The Morgan fingerprint density at radius 1 is 0.692 bits per heavy atom. The molecule has 5 heteroatoms. The summed E-state index contributed by atoms with van der Waals surface area (Å²) >= 11 is 0. The van der Waals surface area contributed by atoms with Gasteiger partial charge in [-0.05, 0) is 0 Å². The minimum absolute atomic E-state index is 0. The van der Waals surface area contributed by atoms with Gasteiger partial charge in [0.15, 0.2) is 0 Å². The fourth-order valence-electron chi connectivity index (χ4n) is 0.385. The van der Waals surface area contributed by atoms with E-state index < -0.39 is 12.9 Å². The zero-order valence-corrected chi connectivity index (χ0v) is 8.37. The molecule has 0 aromatic heterocycles. The first-order valence-corrected chi connectivity index (χ1v) is 2.94. The van der Waals surface area contributed by atoms with E-state index in [1.807, 2.05) is 36.4 Å². The molecule has 0 radical (unpaired) electrons. The van der Waals surface area contributed by atoms with Crippen LogP contribution in [0.1, 0.15) is 0 Å². The van der Waals surface area contributed by atoms with E-state index >= 15 is 0 Å². The predicted molar refractivity (Wildman–Crippen MR) is 44.3 cm³/mol. The molecule has 0 aliphatic carbocycles. The van der Waals surface area contributed by atoms with Crippen molar-refractivity contribution in [1.82, 2.24) is 0 Å². The van der Waals surface area contributed by atoms with Gasteiger partial charge in [0, 0.05) is 12.9 Å². The smallest absolute Gasteiger partial charge is 0.554 e. The third-order valence-electron chi connectivity index (χ3n) is 0.667. The molecule has 13 heavy (non-hydrogen) atoms. The van der Waals surface area contributed by atoms with Gasteiger partial charge in [-0.1, -0.05) is 36.4 Å². The van der Waals surface area contributed by atoms with Gasteiger partial charge in [-0.2, -0.15) is 0 Å². The Hall–Kier alpha value is -1.07. The number of hydrogen-bond donors (Lipinski definition) is 0. The second-order valence-corrected chi connectivity index (χ2v) is 1.35. The van der Waals surface area contributed by atoms with Gasteiger partial charge in [0.1, 0.15) is 0 Å². The van der Waals surface area contributed by atoms with Crippen LogP contribution in [0.2, 0.25) is 0 Å². The summed E-state index contributed by atoms with van der Waals surface area (Å²) in [5.74, 6) is 0. The third kappa shape index (κ3) is 35.9. The summed E-state index contributed by atoms with van der Waals surface area (Å²) in [6, 6.07) is 12.0. The Morgan fingerprint density at radius 2 is 0.769 bits per heavy atom. The van der Waals surface area contributed by atoms with Gasteiger partial charge >= 0.3 is 23.1 Å². The Kier molecular flexibility index (Phi) is 30.8. The number of hydrogen-bond acceptors (Lipinski definition) is 4. The maximum atomic E-state index is 8.25. The van der Waals surface area contributed by atoms with Crippen molar-refractivity contribution < 1.29 is 19.8 Å². The van der Waals surface area contributed by atoms with Crippen LogP contribution in [-0.4, -0.2) is 36.0 Å². The molecule has 0 spiro atoms. The average Bonchev–Trinajstić information content (AvgIpc) is 2.10. The number of rotatable bonds is 0.